The molecular weight excluding hydrogens is 172 g/mol. The van der Waals surface area contributed by atoms with Crippen molar-refractivity contribution in [3.05, 3.63) is 35.5 Å². The topological polar surface area (TPSA) is 39.6 Å². The van der Waals surface area contributed by atoms with Gasteiger partial charge in [-0.25, -0.2) is 0 Å². The van der Waals surface area contributed by atoms with Gasteiger partial charge in [-0.1, -0.05) is 19.1 Å². The number of fused-ring (bicyclic) bond motifs is 1. The van der Waals surface area contributed by atoms with Crippen molar-refractivity contribution in [3.63, 3.8) is 0 Å². The van der Waals surface area contributed by atoms with Crippen molar-refractivity contribution in [1.82, 2.24) is 4.98 Å². The molecule has 0 atom stereocenters. The standard InChI is InChI=1S/C12H12N2/c1-2-9-4-3-5-11-12(9)10(6-7-13)8-14-11/h3-5,8,14H,2,6H2,1H3. The van der Waals surface area contributed by atoms with Gasteiger partial charge in [-0.2, -0.15) is 5.26 Å². The highest BCUT2D eigenvalue weighted by molar-refractivity contribution is 5.86. The maximum absolute atomic E-state index is 8.70. The number of aromatic nitrogens is 1. The molecule has 0 saturated heterocycles. The lowest BCUT2D eigenvalue weighted by Crippen LogP contribution is -1.85. The Bertz CT molecular complexity index is 488. The third kappa shape index (κ3) is 1.27. The molecule has 0 unspecified atom stereocenters. The van der Waals surface area contributed by atoms with Crippen LogP contribution in [0.5, 0.6) is 0 Å². The first-order valence-corrected chi connectivity index (χ1v) is 4.81. The normalized spacial score (nSPS) is 10.3. The Hall–Kier alpha value is -1.75. The number of aromatic amines is 1. The molecule has 14 heavy (non-hydrogen) atoms. The molecular formula is C12H12N2. The van der Waals surface area contributed by atoms with E-state index < -0.39 is 0 Å². The third-order valence-corrected chi connectivity index (χ3v) is 2.52. The van der Waals surface area contributed by atoms with Crippen LogP contribution in [-0.4, -0.2) is 4.98 Å². The SMILES string of the molecule is CCc1cccc2[nH]cc(CC#N)c12. The van der Waals surface area contributed by atoms with E-state index in [9.17, 15) is 0 Å². The third-order valence-electron chi connectivity index (χ3n) is 2.52. The Balaban J connectivity index is 2.69. The minimum absolute atomic E-state index is 0.483. The second-order valence-corrected chi connectivity index (χ2v) is 3.34. The highest BCUT2D eigenvalue weighted by Crippen LogP contribution is 2.23. The summed E-state index contributed by atoms with van der Waals surface area (Å²) < 4.78 is 0. The number of benzene rings is 1. The molecule has 1 heterocycles. The molecule has 2 nitrogen and oxygen atoms in total. The fourth-order valence-electron chi connectivity index (χ4n) is 1.86. The van der Waals surface area contributed by atoms with Crippen molar-refractivity contribution >= 4 is 10.9 Å². The van der Waals surface area contributed by atoms with Gasteiger partial charge in [0.25, 0.3) is 0 Å². The van der Waals surface area contributed by atoms with Crippen LogP contribution in [0.25, 0.3) is 10.9 Å². The van der Waals surface area contributed by atoms with Gasteiger partial charge >= 0.3 is 0 Å². The molecule has 0 amide bonds. The Morgan fingerprint density at radius 3 is 2.93 bits per heavy atom. The summed E-state index contributed by atoms with van der Waals surface area (Å²) >= 11 is 0. The molecule has 2 rings (SSSR count). The van der Waals surface area contributed by atoms with E-state index in [2.05, 4.69) is 30.1 Å². The summed E-state index contributed by atoms with van der Waals surface area (Å²) in [5.41, 5.74) is 3.56. The first-order valence-electron chi connectivity index (χ1n) is 4.81. The highest BCUT2D eigenvalue weighted by Gasteiger charge is 2.06. The molecule has 0 saturated carbocycles. The number of nitrogens with zero attached hydrogens (tertiary/aromatic N) is 1. The van der Waals surface area contributed by atoms with Gasteiger partial charge in [-0.3, -0.25) is 0 Å². The van der Waals surface area contributed by atoms with Crippen LogP contribution >= 0.6 is 0 Å². The van der Waals surface area contributed by atoms with Gasteiger partial charge < -0.3 is 4.98 Å². The summed E-state index contributed by atoms with van der Waals surface area (Å²) in [6, 6.07) is 8.42. The predicted octanol–water partition coefficient (Wildman–Crippen LogP) is 2.80. The number of nitrogens with one attached hydrogen (secondary N) is 1. The number of aryl methyl sites for hydroxylation is 1. The first-order chi connectivity index (χ1) is 6.86. The molecule has 1 aromatic carbocycles. The largest absolute Gasteiger partial charge is 0.361 e. The van der Waals surface area contributed by atoms with E-state index in [1.807, 2.05) is 12.3 Å². The second kappa shape index (κ2) is 3.55. The average molecular weight is 184 g/mol. The summed E-state index contributed by atoms with van der Waals surface area (Å²) in [7, 11) is 0. The molecule has 0 aliphatic heterocycles. The van der Waals surface area contributed by atoms with Gasteiger partial charge in [0.05, 0.1) is 12.5 Å². The van der Waals surface area contributed by atoms with Crippen LogP contribution in [0.4, 0.5) is 0 Å². The van der Waals surface area contributed by atoms with Crippen LogP contribution in [0.3, 0.4) is 0 Å². The fraction of sp³-hybridized carbons (Fsp3) is 0.250. The van der Waals surface area contributed by atoms with Gasteiger partial charge in [-0.05, 0) is 23.6 Å². The maximum atomic E-state index is 8.70. The van der Waals surface area contributed by atoms with E-state index in [1.165, 1.54) is 10.9 Å². The van der Waals surface area contributed by atoms with Gasteiger partial charge in [0.1, 0.15) is 0 Å². The summed E-state index contributed by atoms with van der Waals surface area (Å²) in [6.45, 7) is 2.14. The number of nitriles is 1. The van der Waals surface area contributed by atoms with Crippen molar-refractivity contribution in [3.8, 4) is 6.07 Å². The van der Waals surface area contributed by atoms with Crippen molar-refractivity contribution in [2.24, 2.45) is 0 Å². The van der Waals surface area contributed by atoms with Crippen molar-refractivity contribution in [1.29, 1.82) is 5.26 Å². The monoisotopic (exact) mass is 184 g/mol. The Morgan fingerprint density at radius 2 is 2.21 bits per heavy atom. The molecule has 1 aromatic heterocycles. The molecule has 0 fully saturated rings. The summed E-state index contributed by atoms with van der Waals surface area (Å²) in [5, 5.41) is 9.93. The average Bonchev–Trinajstić information content (AvgIpc) is 2.62. The van der Waals surface area contributed by atoms with Crippen molar-refractivity contribution in [2.45, 2.75) is 19.8 Å². The summed E-state index contributed by atoms with van der Waals surface area (Å²) in [4.78, 5) is 3.20. The van der Waals surface area contributed by atoms with Gasteiger partial charge in [0.15, 0.2) is 0 Å². The van der Waals surface area contributed by atoms with Crippen LogP contribution in [0.15, 0.2) is 24.4 Å². The van der Waals surface area contributed by atoms with E-state index in [4.69, 9.17) is 5.26 Å². The lowest BCUT2D eigenvalue weighted by atomic mass is 10.0. The van der Waals surface area contributed by atoms with Gasteiger partial charge in [0.2, 0.25) is 0 Å². The minimum Gasteiger partial charge on any atom is -0.361 e. The molecule has 2 aromatic rings. The lowest BCUT2D eigenvalue weighted by molar-refractivity contribution is 1.15. The molecule has 0 aliphatic rings. The zero-order valence-electron chi connectivity index (χ0n) is 8.17. The fourth-order valence-corrected chi connectivity index (χ4v) is 1.86. The highest BCUT2D eigenvalue weighted by atomic mass is 14.7. The van der Waals surface area contributed by atoms with E-state index in [1.54, 1.807) is 0 Å². The quantitative estimate of drug-likeness (QED) is 0.765. The zero-order chi connectivity index (χ0) is 9.97. The smallest absolute Gasteiger partial charge is 0.0670 e. The van der Waals surface area contributed by atoms with Crippen molar-refractivity contribution < 1.29 is 0 Å². The minimum atomic E-state index is 0.483. The van der Waals surface area contributed by atoms with Crippen LogP contribution < -0.4 is 0 Å². The Labute approximate surface area is 83.2 Å². The van der Waals surface area contributed by atoms with Crippen LogP contribution in [0, 0.1) is 11.3 Å². The number of hydrogen-bond acceptors (Lipinski definition) is 1. The molecule has 1 N–H and O–H groups in total. The Morgan fingerprint density at radius 1 is 1.36 bits per heavy atom. The molecule has 70 valence electrons. The molecule has 0 radical (unpaired) electrons. The Kier molecular flexibility index (Phi) is 2.24. The van der Waals surface area contributed by atoms with E-state index in [-0.39, 0.29) is 0 Å². The van der Waals surface area contributed by atoms with E-state index in [0.717, 1.165) is 17.5 Å². The molecule has 0 spiro atoms. The number of H-pyrrole nitrogens is 1. The predicted molar refractivity (Wildman–Crippen MR) is 57.0 cm³/mol. The van der Waals surface area contributed by atoms with Gasteiger partial charge in [0, 0.05) is 17.1 Å². The second-order valence-electron chi connectivity index (χ2n) is 3.34. The molecule has 2 heteroatoms. The lowest BCUT2D eigenvalue weighted by Gasteiger charge is -2.00. The maximum Gasteiger partial charge on any atom is 0.0670 e. The zero-order valence-corrected chi connectivity index (χ0v) is 8.17. The first kappa shape index (κ1) is 8.83. The summed E-state index contributed by atoms with van der Waals surface area (Å²) in [6.07, 6.45) is 3.43. The van der Waals surface area contributed by atoms with Crippen LogP contribution in [0.2, 0.25) is 0 Å². The number of rotatable bonds is 2. The molecule has 0 aliphatic carbocycles. The van der Waals surface area contributed by atoms with Crippen LogP contribution in [0.1, 0.15) is 18.1 Å². The van der Waals surface area contributed by atoms with Crippen LogP contribution in [-0.2, 0) is 12.8 Å². The summed E-state index contributed by atoms with van der Waals surface area (Å²) in [5.74, 6) is 0. The molecule has 0 bridgehead atoms. The van der Waals surface area contributed by atoms with Crippen molar-refractivity contribution in [2.75, 3.05) is 0 Å². The van der Waals surface area contributed by atoms with E-state index >= 15 is 0 Å². The van der Waals surface area contributed by atoms with E-state index in [0.29, 0.717) is 6.42 Å². The number of hydrogen-bond donors (Lipinski definition) is 1. The van der Waals surface area contributed by atoms with Gasteiger partial charge in [-0.15, -0.1) is 0 Å².